The van der Waals surface area contributed by atoms with Gasteiger partial charge in [0.05, 0.1) is 0 Å². The molecule has 0 aliphatic heterocycles. The molecular weight excluding hydrogens is 270 g/mol. The van der Waals surface area contributed by atoms with Crippen LogP contribution >= 0.6 is 11.8 Å². The minimum absolute atomic E-state index is 0.483. The van der Waals surface area contributed by atoms with Crippen molar-refractivity contribution in [2.75, 3.05) is 29.4 Å². The van der Waals surface area contributed by atoms with Crippen LogP contribution in [0.1, 0.15) is 43.5 Å². The highest BCUT2D eigenvalue weighted by atomic mass is 32.2. The van der Waals surface area contributed by atoms with Gasteiger partial charge in [-0.15, -0.1) is 0 Å². The molecule has 0 bridgehead atoms. The minimum Gasteiger partial charge on any atom is -0.355 e. The largest absolute Gasteiger partial charge is 0.355 e. The monoisotopic (exact) mass is 295 g/mol. The summed E-state index contributed by atoms with van der Waals surface area (Å²) in [7, 11) is 2.12. The van der Waals surface area contributed by atoms with Crippen molar-refractivity contribution in [3.05, 3.63) is 11.4 Å². The molecule has 1 heterocycles. The molecule has 1 aromatic rings. The maximum atomic E-state index is 5.61. The SMILES string of the molecule is CCC(CSC)N(C)c1nc(C2CC2)nc(NN)c1C. The van der Waals surface area contributed by atoms with E-state index < -0.39 is 0 Å². The topological polar surface area (TPSA) is 67.1 Å². The molecule has 20 heavy (non-hydrogen) atoms. The third kappa shape index (κ3) is 3.17. The number of anilines is 2. The summed E-state index contributed by atoms with van der Waals surface area (Å²) in [5.74, 6) is 9.93. The number of nitrogen functional groups attached to an aromatic ring is 1. The van der Waals surface area contributed by atoms with Gasteiger partial charge < -0.3 is 10.3 Å². The Morgan fingerprint density at radius 1 is 1.45 bits per heavy atom. The summed E-state index contributed by atoms with van der Waals surface area (Å²) in [5.41, 5.74) is 3.75. The van der Waals surface area contributed by atoms with Crippen LogP contribution in [0.2, 0.25) is 0 Å². The summed E-state index contributed by atoms with van der Waals surface area (Å²) in [6, 6.07) is 0.483. The van der Waals surface area contributed by atoms with Gasteiger partial charge in [-0.3, -0.25) is 0 Å². The molecule has 1 unspecified atom stereocenters. The van der Waals surface area contributed by atoms with Gasteiger partial charge in [0.1, 0.15) is 17.5 Å². The van der Waals surface area contributed by atoms with E-state index in [1.165, 1.54) is 12.8 Å². The first-order valence-electron chi connectivity index (χ1n) is 7.19. The molecule has 1 aliphatic rings. The fourth-order valence-electron chi connectivity index (χ4n) is 2.40. The molecule has 6 heteroatoms. The van der Waals surface area contributed by atoms with Crippen LogP contribution in [0.5, 0.6) is 0 Å². The lowest BCUT2D eigenvalue weighted by Gasteiger charge is -2.29. The van der Waals surface area contributed by atoms with Crippen molar-refractivity contribution in [1.29, 1.82) is 0 Å². The quantitative estimate of drug-likeness (QED) is 0.595. The normalized spacial score (nSPS) is 16.1. The van der Waals surface area contributed by atoms with Crippen molar-refractivity contribution >= 4 is 23.4 Å². The van der Waals surface area contributed by atoms with Crippen molar-refractivity contribution in [3.63, 3.8) is 0 Å². The summed E-state index contributed by atoms with van der Waals surface area (Å²) in [6.07, 6.45) is 5.63. The van der Waals surface area contributed by atoms with Crippen LogP contribution in [0, 0.1) is 6.92 Å². The van der Waals surface area contributed by atoms with E-state index in [-0.39, 0.29) is 0 Å². The van der Waals surface area contributed by atoms with Gasteiger partial charge in [-0.1, -0.05) is 6.92 Å². The van der Waals surface area contributed by atoms with Gasteiger partial charge in [0, 0.05) is 30.3 Å². The lowest BCUT2D eigenvalue weighted by molar-refractivity contribution is 0.660. The number of nitrogens with one attached hydrogen (secondary N) is 1. The molecule has 0 aromatic carbocycles. The van der Waals surface area contributed by atoms with Crippen LogP contribution in [-0.4, -0.2) is 35.1 Å². The number of rotatable bonds is 7. The average Bonchev–Trinajstić information content (AvgIpc) is 3.29. The number of nitrogens with two attached hydrogens (primary N) is 1. The molecule has 1 aliphatic carbocycles. The molecule has 0 amide bonds. The van der Waals surface area contributed by atoms with E-state index >= 15 is 0 Å². The second-order valence-electron chi connectivity index (χ2n) is 5.43. The van der Waals surface area contributed by atoms with E-state index in [1.54, 1.807) is 0 Å². The van der Waals surface area contributed by atoms with Gasteiger partial charge in [-0.25, -0.2) is 15.8 Å². The zero-order chi connectivity index (χ0) is 14.7. The van der Waals surface area contributed by atoms with E-state index in [1.807, 2.05) is 18.7 Å². The molecule has 0 spiro atoms. The summed E-state index contributed by atoms with van der Waals surface area (Å²) < 4.78 is 0. The Morgan fingerprint density at radius 3 is 2.65 bits per heavy atom. The van der Waals surface area contributed by atoms with E-state index in [4.69, 9.17) is 10.8 Å². The highest BCUT2D eigenvalue weighted by molar-refractivity contribution is 7.98. The minimum atomic E-state index is 0.483. The molecule has 1 atom stereocenters. The Labute approximate surface area is 125 Å². The Balaban J connectivity index is 2.35. The standard InChI is InChI=1S/C14H25N5S/c1-5-11(8-20-4)19(3)14-9(2)12(18-15)16-13(17-14)10-6-7-10/h10-11H,5-8,15H2,1-4H3,(H,16,17,18). The number of hydrogen-bond donors (Lipinski definition) is 2. The highest BCUT2D eigenvalue weighted by Crippen LogP contribution is 2.40. The molecule has 1 saturated carbocycles. The first-order chi connectivity index (χ1) is 9.62. The molecule has 0 radical (unpaired) electrons. The number of aromatic nitrogens is 2. The number of hydrazine groups is 1. The van der Waals surface area contributed by atoms with Crippen molar-refractivity contribution in [2.45, 2.75) is 45.1 Å². The van der Waals surface area contributed by atoms with Gasteiger partial charge in [0.25, 0.3) is 0 Å². The van der Waals surface area contributed by atoms with Crippen LogP contribution < -0.4 is 16.2 Å². The summed E-state index contributed by atoms with van der Waals surface area (Å²) in [5, 5.41) is 0. The van der Waals surface area contributed by atoms with Crippen molar-refractivity contribution in [2.24, 2.45) is 5.84 Å². The number of hydrogen-bond acceptors (Lipinski definition) is 6. The van der Waals surface area contributed by atoms with Gasteiger partial charge in [-0.05, 0) is 32.4 Å². The Hall–Kier alpha value is -1.01. The predicted octanol–water partition coefficient (Wildman–Crippen LogP) is 2.53. The van der Waals surface area contributed by atoms with Gasteiger partial charge in [0.15, 0.2) is 0 Å². The zero-order valence-corrected chi connectivity index (χ0v) is 13.6. The maximum Gasteiger partial charge on any atom is 0.148 e. The Bertz CT molecular complexity index is 461. The van der Waals surface area contributed by atoms with E-state index in [0.29, 0.717) is 12.0 Å². The second kappa shape index (κ2) is 6.63. The molecule has 2 rings (SSSR count). The lowest BCUT2D eigenvalue weighted by Crippen LogP contribution is -2.35. The summed E-state index contributed by atoms with van der Waals surface area (Å²) in [6.45, 7) is 4.25. The van der Waals surface area contributed by atoms with Crippen molar-refractivity contribution in [3.8, 4) is 0 Å². The van der Waals surface area contributed by atoms with Crippen LogP contribution in [0.25, 0.3) is 0 Å². The van der Waals surface area contributed by atoms with Crippen LogP contribution in [0.4, 0.5) is 11.6 Å². The predicted molar refractivity (Wildman–Crippen MR) is 87.4 cm³/mol. The molecule has 0 saturated heterocycles. The molecule has 112 valence electrons. The Kier molecular flexibility index (Phi) is 5.10. The summed E-state index contributed by atoms with van der Waals surface area (Å²) in [4.78, 5) is 11.6. The molecule has 5 nitrogen and oxygen atoms in total. The fourth-order valence-corrected chi connectivity index (χ4v) is 3.24. The van der Waals surface area contributed by atoms with Crippen LogP contribution in [-0.2, 0) is 0 Å². The van der Waals surface area contributed by atoms with E-state index in [0.717, 1.165) is 35.2 Å². The van der Waals surface area contributed by atoms with Gasteiger partial charge in [-0.2, -0.15) is 11.8 Å². The maximum absolute atomic E-state index is 5.61. The second-order valence-corrected chi connectivity index (χ2v) is 6.34. The first-order valence-corrected chi connectivity index (χ1v) is 8.58. The number of nitrogens with zero attached hydrogens (tertiary/aromatic N) is 3. The molecular formula is C14H25N5S. The lowest BCUT2D eigenvalue weighted by atomic mass is 10.2. The van der Waals surface area contributed by atoms with Gasteiger partial charge >= 0.3 is 0 Å². The average molecular weight is 295 g/mol. The molecule has 1 aromatic heterocycles. The van der Waals surface area contributed by atoms with Gasteiger partial charge in [0.2, 0.25) is 0 Å². The Morgan fingerprint density at radius 2 is 2.15 bits per heavy atom. The smallest absolute Gasteiger partial charge is 0.148 e. The number of thioether (sulfide) groups is 1. The zero-order valence-electron chi connectivity index (χ0n) is 12.8. The molecule has 3 N–H and O–H groups in total. The van der Waals surface area contributed by atoms with E-state index in [9.17, 15) is 0 Å². The van der Waals surface area contributed by atoms with Crippen LogP contribution in [0.3, 0.4) is 0 Å². The third-order valence-corrected chi connectivity index (χ3v) is 4.65. The first kappa shape index (κ1) is 15.4. The van der Waals surface area contributed by atoms with E-state index in [2.05, 4.69) is 35.5 Å². The highest BCUT2D eigenvalue weighted by Gasteiger charge is 2.29. The third-order valence-electron chi connectivity index (χ3n) is 3.93. The van der Waals surface area contributed by atoms with Crippen LogP contribution in [0.15, 0.2) is 0 Å². The summed E-state index contributed by atoms with van der Waals surface area (Å²) >= 11 is 1.87. The van der Waals surface area contributed by atoms with Crippen molar-refractivity contribution in [1.82, 2.24) is 9.97 Å². The fraction of sp³-hybridized carbons (Fsp3) is 0.714. The molecule has 1 fully saturated rings. The van der Waals surface area contributed by atoms with Crippen molar-refractivity contribution < 1.29 is 0 Å².